The first kappa shape index (κ1) is 36.8. The molecule has 0 aliphatic heterocycles. The summed E-state index contributed by atoms with van der Waals surface area (Å²) in [6, 6.07) is 13.9. The number of thiazole rings is 1. The lowest BCUT2D eigenvalue weighted by Gasteiger charge is -2.23. The monoisotopic (exact) mass is 672 g/mol. The Kier molecular flexibility index (Phi) is 17.6. The van der Waals surface area contributed by atoms with Gasteiger partial charge in [-0.25, -0.2) is 0 Å². The van der Waals surface area contributed by atoms with Crippen LogP contribution in [-0.2, 0) is 16.8 Å². The molecule has 0 bridgehead atoms. The fraction of sp³-hybridized carbons (Fsp3) is 0.556. The van der Waals surface area contributed by atoms with Gasteiger partial charge in [0.15, 0.2) is 19.3 Å². The number of rotatable bonds is 20. The summed E-state index contributed by atoms with van der Waals surface area (Å²) in [4.78, 5) is 12.6. The number of hydrogen-bond acceptors (Lipinski definition) is 4. The number of amides is 1. The maximum Gasteiger partial charge on any atom is 0.262 e. The normalized spacial score (nSPS) is 11.2. The molecular weight excluding hydrogens is 620 g/mol. The topological polar surface area (TPSA) is 51.4 Å². The predicted octanol–water partition coefficient (Wildman–Crippen LogP) is 6.48. The molecule has 0 aliphatic rings. The summed E-state index contributed by atoms with van der Waals surface area (Å²) in [7, 11) is 0. The smallest absolute Gasteiger partial charge is 0.262 e. The van der Waals surface area contributed by atoms with E-state index in [9.17, 15) is 4.79 Å². The number of halogens is 1. The van der Waals surface area contributed by atoms with Crippen LogP contribution in [-0.4, -0.2) is 19.1 Å². The molecule has 5 nitrogen and oxygen atoms in total. The first-order valence-electron chi connectivity index (χ1n) is 16.1. The highest BCUT2D eigenvalue weighted by Crippen LogP contribution is 2.34. The summed E-state index contributed by atoms with van der Waals surface area (Å²) < 4.78 is 14.3. The fourth-order valence-corrected chi connectivity index (χ4v) is 5.66. The van der Waals surface area contributed by atoms with E-state index in [0.717, 1.165) is 30.0 Å². The van der Waals surface area contributed by atoms with E-state index in [4.69, 9.17) is 9.47 Å². The Morgan fingerprint density at radius 2 is 1.47 bits per heavy atom. The summed E-state index contributed by atoms with van der Waals surface area (Å²) in [5.74, 6) is 1.31. The number of nitrogens with zero attached hydrogens (tertiary/aromatic N) is 1. The zero-order valence-corrected chi connectivity index (χ0v) is 29.2. The number of ether oxygens (including phenoxy) is 2. The van der Waals surface area contributed by atoms with Gasteiger partial charge in [-0.15, -0.1) is 0 Å². The molecule has 0 fully saturated rings. The van der Waals surface area contributed by atoms with Crippen LogP contribution in [0.1, 0.15) is 116 Å². The lowest BCUT2D eigenvalue weighted by Crippen LogP contribution is -3.00. The minimum absolute atomic E-state index is 0. The number of anilines is 1. The predicted molar refractivity (Wildman–Crippen MR) is 176 cm³/mol. The SMILES string of the molecule is CCCCCCCCCCCCCCOc1cc(OCC(=O)Nc2ccc(C[n+]3ccsc3)cc2)ccc1C(C)(C)C.[Br-]. The average molecular weight is 674 g/mol. The van der Waals surface area contributed by atoms with E-state index in [2.05, 4.69) is 60.7 Å². The molecule has 0 unspecified atom stereocenters. The molecule has 2 aromatic carbocycles. The van der Waals surface area contributed by atoms with Crippen molar-refractivity contribution in [1.82, 2.24) is 0 Å². The van der Waals surface area contributed by atoms with E-state index < -0.39 is 0 Å². The highest BCUT2D eigenvalue weighted by Gasteiger charge is 2.20. The summed E-state index contributed by atoms with van der Waals surface area (Å²) in [5.41, 5.74) is 5.13. The van der Waals surface area contributed by atoms with Crippen molar-refractivity contribution in [3.8, 4) is 11.5 Å². The number of aromatic nitrogens is 1. The van der Waals surface area contributed by atoms with Crippen molar-refractivity contribution in [2.24, 2.45) is 0 Å². The first-order valence-corrected chi connectivity index (χ1v) is 17.0. The van der Waals surface area contributed by atoms with Crippen molar-refractivity contribution in [3.63, 3.8) is 0 Å². The van der Waals surface area contributed by atoms with Gasteiger partial charge < -0.3 is 31.8 Å². The first-order chi connectivity index (χ1) is 20.3. The molecule has 43 heavy (non-hydrogen) atoms. The summed E-state index contributed by atoms with van der Waals surface area (Å²) in [6.07, 6.45) is 18.0. The number of carbonyl (C=O) groups excluding carboxylic acids is 1. The standard InChI is InChI=1S/C36H52N2O3S.BrH/c1-5-6-7-8-9-10-11-12-13-14-15-16-24-40-34-26-32(21-22-33(34)36(2,3)4)41-28-35(39)37-31-19-17-30(18-20-31)27-38-23-25-42-29-38;/h17-23,25-26,29H,5-16,24,27-28H2,1-4H3;1H. The molecule has 3 rings (SSSR count). The lowest BCUT2D eigenvalue weighted by atomic mass is 9.86. The molecule has 238 valence electrons. The number of hydrogen-bond donors (Lipinski definition) is 1. The second-order valence-corrected chi connectivity index (χ2v) is 13.1. The Balaban J connectivity index is 0.00000645. The van der Waals surface area contributed by atoms with Crippen LogP contribution in [0.2, 0.25) is 0 Å². The average Bonchev–Trinajstić information content (AvgIpc) is 3.48. The van der Waals surface area contributed by atoms with Gasteiger partial charge in [0, 0.05) is 17.3 Å². The van der Waals surface area contributed by atoms with Crippen molar-refractivity contribution in [1.29, 1.82) is 0 Å². The molecule has 0 aliphatic carbocycles. The number of carbonyl (C=O) groups is 1. The Morgan fingerprint density at radius 1 is 0.837 bits per heavy atom. The Bertz CT molecular complexity index is 1160. The highest BCUT2D eigenvalue weighted by molar-refractivity contribution is 7.07. The van der Waals surface area contributed by atoms with Crippen molar-refractivity contribution >= 4 is 22.9 Å². The minimum Gasteiger partial charge on any atom is -1.00 e. The number of benzene rings is 2. The number of nitrogens with one attached hydrogen (secondary N) is 1. The maximum absolute atomic E-state index is 12.6. The van der Waals surface area contributed by atoms with Gasteiger partial charge in [-0.1, -0.05) is 128 Å². The lowest BCUT2D eigenvalue weighted by molar-refractivity contribution is -0.683. The Hall–Kier alpha value is -2.38. The van der Waals surface area contributed by atoms with Gasteiger partial charge in [0.25, 0.3) is 5.91 Å². The van der Waals surface area contributed by atoms with E-state index in [0.29, 0.717) is 12.4 Å². The van der Waals surface area contributed by atoms with Crippen molar-refractivity contribution < 1.29 is 35.8 Å². The van der Waals surface area contributed by atoms with Crippen LogP contribution in [0.4, 0.5) is 5.69 Å². The third-order valence-corrected chi connectivity index (χ3v) is 8.19. The van der Waals surface area contributed by atoms with Crippen LogP contribution in [0.15, 0.2) is 59.6 Å². The zero-order valence-electron chi connectivity index (χ0n) is 26.8. The molecule has 1 amide bonds. The van der Waals surface area contributed by atoms with E-state index in [-0.39, 0.29) is 34.9 Å². The maximum atomic E-state index is 12.6. The molecule has 1 aromatic heterocycles. The molecule has 7 heteroatoms. The number of unbranched alkanes of at least 4 members (excludes halogenated alkanes) is 11. The van der Waals surface area contributed by atoms with E-state index in [1.54, 1.807) is 11.3 Å². The largest absolute Gasteiger partial charge is 1.00 e. The van der Waals surface area contributed by atoms with Gasteiger partial charge in [0.05, 0.1) is 12.0 Å². The Labute approximate surface area is 275 Å². The minimum atomic E-state index is -0.186. The quantitative estimate of drug-likeness (QED) is 0.110. The Morgan fingerprint density at radius 3 is 2.05 bits per heavy atom. The van der Waals surface area contributed by atoms with Gasteiger partial charge in [0.2, 0.25) is 5.51 Å². The van der Waals surface area contributed by atoms with Gasteiger partial charge in [-0.3, -0.25) is 4.79 Å². The van der Waals surface area contributed by atoms with Gasteiger partial charge >= 0.3 is 0 Å². The molecule has 3 aromatic rings. The molecular formula is C36H53BrN2O3S. The summed E-state index contributed by atoms with van der Waals surface area (Å²) >= 11 is 1.67. The van der Waals surface area contributed by atoms with Gasteiger partial charge in [-0.2, -0.15) is 4.57 Å². The molecule has 0 saturated carbocycles. The fourth-order valence-electron chi connectivity index (χ4n) is 5.06. The van der Waals surface area contributed by atoms with Crippen LogP contribution in [0.3, 0.4) is 0 Å². The highest BCUT2D eigenvalue weighted by atomic mass is 79.9. The van der Waals surface area contributed by atoms with Crippen LogP contribution in [0, 0.1) is 0 Å². The molecule has 1 N–H and O–H groups in total. The molecule has 0 saturated heterocycles. The molecule has 0 spiro atoms. The summed E-state index contributed by atoms with van der Waals surface area (Å²) in [6.45, 7) is 10.3. The van der Waals surface area contributed by atoms with E-state index in [1.165, 1.54) is 76.2 Å². The third kappa shape index (κ3) is 14.8. The van der Waals surface area contributed by atoms with Crippen molar-refractivity contribution in [2.75, 3.05) is 18.5 Å². The summed E-state index contributed by atoms with van der Waals surface area (Å²) in [5, 5.41) is 4.98. The molecule has 0 radical (unpaired) electrons. The molecule has 0 atom stereocenters. The van der Waals surface area contributed by atoms with E-state index in [1.807, 2.05) is 36.4 Å². The van der Waals surface area contributed by atoms with Crippen LogP contribution in [0.25, 0.3) is 0 Å². The zero-order chi connectivity index (χ0) is 30.0. The molecule has 1 heterocycles. The van der Waals surface area contributed by atoms with Gasteiger partial charge in [-0.05, 0) is 35.6 Å². The van der Waals surface area contributed by atoms with E-state index >= 15 is 0 Å². The third-order valence-electron chi connectivity index (χ3n) is 7.52. The van der Waals surface area contributed by atoms with Crippen molar-refractivity contribution in [2.45, 2.75) is 117 Å². The van der Waals surface area contributed by atoms with Crippen LogP contribution < -0.4 is 36.3 Å². The van der Waals surface area contributed by atoms with Gasteiger partial charge in [0.1, 0.15) is 11.5 Å². The van der Waals surface area contributed by atoms with Crippen molar-refractivity contribution in [3.05, 3.63) is 70.7 Å². The van der Waals surface area contributed by atoms with Crippen LogP contribution in [0.5, 0.6) is 11.5 Å². The second-order valence-electron chi connectivity index (χ2n) is 12.4. The second kappa shape index (κ2) is 20.6. The van der Waals surface area contributed by atoms with Crippen LogP contribution >= 0.6 is 11.3 Å².